The molecule has 2 aromatic heterocycles. The Balaban J connectivity index is 1.33. The number of fused-ring (bicyclic) bond motifs is 4. The second kappa shape index (κ2) is 10.8. The van der Waals surface area contributed by atoms with E-state index in [1.54, 1.807) is 43.6 Å². The number of aromatic amines is 1. The van der Waals surface area contributed by atoms with Crippen molar-refractivity contribution >= 4 is 28.5 Å². The first-order valence-electron chi connectivity index (χ1n) is 13.7. The predicted molar refractivity (Wildman–Crippen MR) is 154 cm³/mol. The number of urea groups is 1. The van der Waals surface area contributed by atoms with E-state index in [1.165, 1.54) is 0 Å². The second-order valence-electron chi connectivity index (χ2n) is 10.6. The first-order chi connectivity index (χ1) is 20.0. The number of hydrogen-bond donors (Lipinski definition) is 3. The quantitative estimate of drug-likeness (QED) is 0.337. The monoisotopic (exact) mass is 555 g/mol. The van der Waals surface area contributed by atoms with Gasteiger partial charge in [-0.2, -0.15) is 0 Å². The molecule has 1 atom stereocenters. The number of nitrogens with one attached hydrogen (secondary N) is 2. The summed E-state index contributed by atoms with van der Waals surface area (Å²) in [4.78, 5) is 38.2. The lowest BCUT2D eigenvalue weighted by Crippen LogP contribution is -2.56. The highest BCUT2D eigenvalue weighted by Crippen LogP contribution is 2.49. The molecule has 0 unspecified atom stereocenters. The normalized spacial score (nSPS) is 17.8. The fraction of sp³-hybridized carbons (Fsp3) is 0.323. The van der Waals surface area contributed by atoms with Crippen molar-refractivity contribution in [1.82, 2.24) is 19.8 Å². The van der Waals surface area contributed by atoms with Gasteiger partial charge >= 0.3 is 6.03 Å². The Kier molecular flexibility index (Phi) is 7.00. The SMILES string of the molecule is COc1ccc(NC(=O)N2CCC3(CC2)CN(C(=O)c2cccnc2)[C@H](CO)c2[nH]c4cc(OC)ccc4c23)cc1. The van der Waals surface area contributed by atoms with Crippen LogP contribution in [0, 0.1) is 0 Å². The first kappa shape index (κ1) is 26.6. The maximum Gasteiger partial charge on any atom is 0.321 e. The number of nitrogens with zero attached hydrogens (tertiary/aromatic N) is 3. The average molecular weight is 556 g/mol. The summed E-state index contributed by atoms with van der Waals surface area (Å²) in [5.74, 6) is 1.26. The van der Waals surface area contributed by atoms with Gasteiger partial charge in [0.1, 0.15) is 11.5 Å². The van der Waals surface area contributed by atoms with Crippen LogP contribution >= 0.6 is 0 Å². The van der Waals surface area contributed by atoms with Crippen molar-refractivity contribution in [1.29, 1.82) is 0 Å². The smallest absolute Gasteiger partial charge is 0.321 e. The largest absolute Gasteiger partial charge is 0.497 e. The summed E-state index contributed by atoms with van der Waals surface area (Å²) in [5, 5.41) is 14.6. The van der Waals surface area contributed by atoms with Gasteiger partial charge in [-0.25, -0.2) is 4.79 Å². The Hall–Kier alpha value is -4.57. The van der Waals surface area contributed by atoms with Crippen molar-refractivity contribution < 1.29 is 24.2 Å². The summed E-state index contributed by atoms with van der Waals surface area (Å²) >= 11 is 0. The minimum atomic E-state index is -0.543. The van der Waals surface area contributed by atoms with E-state index in [-0.39, 0.29) is 18.5 Å². The number of pyridine rings is 1. The summed E-state index contributed by atoms with van der Waals surface area (Å²) in [6.45, 7) is 1.23. The second-order valence-corrected chi connectivity index (χ2v) is 10.6. The van der Waals surface area contributed by atoms with Crippen LogP contribution in [0.4, 0.5) is 10.5 Å². The van der Waals surface area contributed by atoms with Crippen LogP contribution < -0.4 is 14.8 Å². The Labute approximate surface area is 237 Å². The van der Waals surface area contributed by atoms with Crippen LogP contribution in [0.25, 0.3) is 10.9 Å². The van der Waals surface area contributed by atoms with Crippen molar-refractivity contribution in [3.8, 4) is 11.5 Å². The van der Waals surface area contributed by atoms with Crippen LogP contribution in [0.1, 0.15) is 40.5 Å². The number of ether oxygens (including phenoxy) is 2. The topological polar surface area (TPSA) is 120 Å². The van der Waals surface area contributed by atoms with E-state index in [0.29, 0.717) is 43.7 Å². The third-order valence-electron chi connectivity index (χ3n) is 8.44. The van der Waals surface area contributed by atoms with Gasteiger partial charge < -0.3 is 34.7 Å². The number of aliphatic hydroxyl groups excluding tert-OH is 1. The molecule has 0 aliphatic carbocycles. The maximum absolute atomic E-state index is 13.8. The molecule has 2 aliphatic rings. The summed E-state index contributed by atoms with van der Waals surface area (Å²) in [5.41, 5.74) is 3.58. The van der Waals surface area contributed by atoms with Gasteiger partial charge in [0.2, 0.25) is 0 Å². The third-order valence-corrected chi connectivity index (χ3v) is 8.44. The molecule has 212 valence electrons. The number of methoxy groups -OCH3 is 2. The number of H-pyrrole nitrogens is 1. The van der Waals surface area contributed by atoms with E-state index in [2.05, 4.69) is 15.3 Å². The highest BCUT2D eigenvalue weighted by Gasteiger charge is 2.49. The van der Waals surface area contributed by atoms with Gasteiger partial charge in [0, 0.05) is 65.8 Å². The molecule has 4 aromatic rings. The number of piperidine rings is 1. The highest BCUT2D eigenvalue weighted by molar-refractivity contribution is 5.96. The fourth-order valence-corrected chi connectivity index (χ4v) is 6.30. The fourth-order valence-electron chi connectivity index (χ4n) is 6.30. The molecule has 0 radical (unpaired) electrons. The number of anilines is 1. The standard InChI is InChI=1S/C31H33N5O5/c1-40-22-7-5-21(6-8-22)33-30(39)35-14-11-31(12-15-35)19-36(29(38)20-4-3-13-32-17-20)26(18-37)28-27(31)24-10-9-23(41-2)16-25(24)34-28/h3-10,13,16-17,26,34,37H,11-12,14-15,18-19H2,1-2H3,(H,33,39)/t26-/m1/s1. The number of benzene rings is 2. The van der Waals surface area contributed by atoms with Crippen molar-refractivity contribution in [2.75, 3.05) is 45.8 Å². The molecule has 41 heavy (non-hydrogen) atoms. The molecule has 6 rings (SSSR count). The first-order valence-corrected chi connectivity index (χ1v) is 13.7. The zero-order valence-electron chi connectivity index (χ0n) is 23.1. The highest BCUT2D eigenvalue weighted by atomic mass is 16.5. The van der Waals surface area contributed by atoms with Gasteiger partial charge in [-0.05, 0) is 66.9 Å². The Morgan fingerprint density at radius 1 is 1.07 bits per heavy atom. The molecule has 2 aromatic carbocycles. The van der Waals surface area contributed by atoms with Gasteiger partial charge in [-0.1, -0.05) is 0 Å². The predicted octanol–water partition coefficient (Wildman–Crippen LogP) is 4.34. The molecule has 0 bridgehead atoms. The van der Waals surface area contributed by atoms with E-state index in [9.17, 15) is 14.7 Å². The Bertz CT molecular complexity index is 1560. The molecule has 3 N–H and O–H groups in total. The average Bonchev–Trinajstić information content (AvgIpc) is 3.41. The lowest BCUT2D eigenvalue weighted by molar-refractivity contribution is 0.0370. The van der Waals surface area contributed by atoms with Crippen LogP contribution in [0.15, 0.2) is 67.0 Å². The van der Waals surface area contributed by atoms with E-state index in [1.807, 2.05) is 47.4 Å². The van der Waals surface area contributed by atoms with Gasteiger partial charge in [0.05, 0.1) is 32.4 Å². The van der Waals surface area contributed by atoms with Crippen LogP contribution in [-0.2, 0) is 5.41 Å². The van der Waals surface area contributed by atoms with Crippen molar-refractivity contribution in [3.63, 3.8) is 0 Å². The molecular weight excluding hydrogens is 522 g/mol. The summed E-state index contributed by atoms with van der Waals surface area (Å²) in [6.07, 6.45) is 4.50. The zero-order chi connectivity index (χ0) is 28.6. The number of aliphatic hydroxyl groups is 1. The van der Waals surface area contributed by atoms with E-state index in [0.717, 1.165) is 33.7 Å². The molecule has 2 aliphatic heterocycles. The van der Waals surface area contributed by atoms with Gasteiger partial charge in [0.25, 0.3) is 5.91 Å². The van der Waals surface area contributed by atoms with Crippen molar-refractivity contribution in [2.24, 2.45) is 0 Å². The third kappa shape index (κ3) is 4.74. The minimum absolute atomic E-state index is 0.166. The molecule has 0 saturated carbocycles. The molecular formula is C31H33N5O5. The molecule has 10 nitrogen and oxygen atoms in total. The number of carbonyl (C=O) groups excluding carboxylic acids is 2. The molecule has 1 spiro atoms. The summed E-state index contributed by atoms with van der Waals surface area (Å²) in [7, 11) is 3.23. The van der Waals surface area contributed by atoms with Crippen LogP contribution in [0.3, 0.4) is 0 Å². The number of hydrogen-bond acceptors (Lipinski definition) is 6. The Morgan fingerprint density at radius 3 is 2.46 bits per heavy atom. The van der Waals surface area contributed by atoms with Gasteiger partial charge in [0.15, 0.2) is 0 Å². The minimum Gasteiger partial charge on any atom is -0.497 e. The number of amides is 3. The summed E-state index contributed by atoms with van der Waals surface area (Å²) < 4.78 is 10.7. The van der Waals surface area contributed by atoms with Gasteiger partial charge in [-0.3, -0.25) is 9.78 Å². The van der Waals surface area contributed by atoms with Crippen molar-refractivity contribution in [2.45, 2.75) is 24.3 Å². The van der Waals surface area contributed by atoms with Crippen LogP contribution in [0.2, 0.25) is 0 Å². The van der Waals surface area contributed by atoms with Crippen LogP contribution in [0.5, 0.6) is 11.5 Å². The van der Waals surface area contributed by atoms with Gasteiger partial charge in [-0.15, -0.1) is 0 Å². The van der Waals surface area contributed by atoms with E-state index >= 15 is 0 Å². The van der Waals surface area contributed by atoms with Crippen LogP contribution in [-0.4, -0.2) is 77.3 Å². The number of carbonyl (C=O) groups is 2. The number of rotatable bonds is 5. The molecule has 4 heterocycles. The maximum atomic E-state index is 13.8. The molecule has 1 saturated heterocycles. The van der Waals surface area contributed by atoms with E-state index < -0.39 is 11.5 Å². The molecule has 3 amide bonds. The lowest BCUT2D eigenvalue weighted by Gasteiger charge is -2.50. The molecule has 1 fully saturated rings. The Morgan fingerprint density at radius 2 is 1.80 bits per heavy atom. The number of likely N-dealkylation sites (tertiary alicyclic amines) is 1. The van der Waals surface area contributed by atoms with Crippen molar-refractivity contribution in [3.05, 3.63) is 83.8 Å². The lowest BCUT2D eigenvalue weighted by atomic mass is 9.68. The molecule has 10 heteroatoms. The number of aromatic nitrogens is 2. The summed E-state index contributed by atoms with van der Waals surface area (Å²) in [6, 6.07) is 15.9. The zero-order valence-corrected chi connectivity index (χ0v) is 23.1. The van der Waals surface area contributed by atoms with E-state index in [4.69, 9.17) is 9.47 Å².